The highest BCUT2D eigenvalue weighted by Crippen LogP contribution is 2.29. The number of rotatable bonds is 4. The first-order valence-corrected chi connectivity index (χ1v) is 9.80. The Kier molecular flexibility index (Phi) is 4.79. The summed E-state index contributed by atoms with van der Waals surface area (Å²) < 4.78 is 18.9. The van der Waals surface area contributed by atoms with E-state index >= 15 is 0 Å². The van der Waals surface area contributed by atoms with E-state index in [0.717, 1.165) is 21.6 Å². The first-order chi connectivity index (χ1) is 13.5. The van der Waals surface area contributed by atoms with E-state index in [0.29, 0.717) is 22.5 Å². The predicted octanol–water partition coefficient (Wildman–Crippen LogP) is 5.80. The van der Waals surface area contributed by atoms with Gasteiger partial charge in [-0.3, -0.25) is 4.79 Å². The Labute approximate surface area is 165 Å². The number of benzene rings is 3. The third-order valence-corrected chi connectivity index (χ3v) is 5.04. The van der Waals surface area contributed by atoms with Crippen LogP contribution < -0.4 is 11.1 Å². The van der Waals surface area contributed by atoms with Crippen molar-refractivity contribution in [3.05, 3.63) is 78.1 Å². The molecule has 1 aromatic heterocycles. The van der Waals surface area contributed by atoms with Crippen LogP contribution in [-0.2, 0) is 0 Å². The lowest BCUT2D eigenvalue weighted by Crippen LogP contribution is -2.13. The van der Waals surface area contributed by atoms with Crippen LogP contribution in [0.25, 0.3) is 22.1 Å². The molecule has 0 aliphatic rings. The van der Waals surface area contributed by atoms with Crippen molar-refractivity contribution in [2.24, 2.45) is 0 Å². The molecule has 3 aromatic carbocycles. The summed E-state index contributed by atoms with van der Waals surface area (Å²) in [6.07, 6.45) is 1.93. The van der Waals surface area contributed by atoms with Crippen LogP contribution in [0.1, 0.15) is 10.4 Å². The fourth-order valence-corrected chi connectivity index (χ4v) is 3.35. The topological polar surface area (TPSA) is 68.3 Å². The van der Waals surface area contributed by atoms with Gasteiger partial charge >= 0.3 is 0 Å². The van der Waals surface area contributed by atoms with Crippen molar-refractivity contribution in [1.29, 1.82) is 0 Å². The lowest BCUT2D eigenvalue weighted by molar-refractivity contribution is 0.102. The number of hydrogen-bond donors (Lipinski definition) is 2. The Morgan fingerprint density at radius 3 is 2.50 bits per heavy atom. The second-order valence-electron chi connectivity index (χ2n) is 6.29. The van der Waals surface area contributed by atoms with E-state index in [9.17, 15) is 9.18 Å². The highest BCUT2D eigenvalue weighted by Gasteiger charge is 2.12. The van der Waals surface area contributed by atoms with E-state index in [4.69, 9.17) is 10.2 Å². The lowest BCUT2D eigenvalue weighted by Gasteiger charge is -2.11. The molecular formula is C22H17FN2O2S. The van der Waals surface area contributed by atoms with Gasteiger partial charge in [0.05, 0.1) is 11.4 Å². The molecule has 0 spiro atoms. The number of halogens is 1. The molecule has 28 heavy (non-hydrogen) atoms. The molecule has 3 N–H and O–H groups in total. The molecule has 0 saturated heterocycles. The molecule has 4 nitrogen and oxygen atoms in total. The minimum atomic E-state index is -0.300. The van der Waals surface area contributed by atoms with Crippen LogP contribution in [0.15, 0.2) is 76.2 Å². The van der Waals surface area contributed by atoms with Crippen LogP contribution >= 0.6 is 11.8 Å². The van der Waals surface area contributed by atoms with E-state index in [1.165, 1.54) is 23.9 Å². The molecule has 0 bridgehead atoms. The van der Waals surface area contributed by atoms with E-state index in [1.54, 1.807) is 36.4 Å². The number of furan rings is 1. The van der Waals surface area contributed by atoms with Crippen molar-refractivity contribution in [2.75, 3.05) is 17.3 Å². The molecule has 4 rings (SSSR count). The molecule has 4 aromatic rings. The second kappa shape index (κ2) is 7.40. The summed E-state index contributed by atoms with van der Waals surface area (Å²) >= 11 is 1.51. The van der Waals surface area contributed by atoms with Crippen LogP contribution in [0, 0.1) is 5.82 Å². The van der Waals surface area contributed by atoms with Crippen molar-refractivity contribution in [1.82, 2.24) is 0 Å². The van der Waals surface area contributed by atoms with Gasteiger partial charge in [-0.25, -0.2) is 4.39 Å². The average molecular weight is 392 g/mol. The maximum absolute atomic E-state index is 13.2. The number of carbonyl (C=O) groups excluding carboxylic acids is 1. The van der Waals surface area contributed by atoms with Crippen molar-refractivity contribution in [2.45, 2.75) is 5.09 Å². The highest BCUT2D eigenvalue weighted by atomic mass is 32.2. The Bertz CT molecular complexity index is 1170. The molecule has 6 heteroatoms. The van der Waals surface area contributed by atoms with Crippen molar-refractivity contribution < 1.29 is 13.6 Å². The summed E-state index contributed by atoms with van der Waals surface area (Å²) in [7, 11) is 0. The number of fused-ring (bicyclic) bond motifs is 1. The predicted molar refractivity (Wildman–Crippen MR) is 112 cm³/mol. The van der Waals surface area contributed by atoms with E-state index in [2.05, 4.69) is 5.32 Å². The van der Waals surface area contributed by atoms with Gasteiger partial charge in [0.15, 0.2) is 5.09 Å². The summed E-state index contributed by atoms with van der Waals surface area (Å²) in [5, 5.41) is 4.59. The number of anilines is 2. The molecule has 0 aliphatic heterocycles. The number of amides is 1. The molecular weight excluding hydrogens is 375 g/mol. The smallest absolute Gasteiger partial charge is 0.255 e. The summed E-state index contributed by atoms with van der Waals surface area (Å²) in [5.41, 5.74) is 9.77. The SMILES string of the molecule is CSc1cc2ccc(C(=O)Nc3cc(-c4ccc(F)cc4)ccc3N)cc2o1. The zero-order chi connectivity index (χ0) is 19.7. The van der Waals surface area contributed by atoms with Crippen LogP contribution in [-0.4, -0.2) is 12.2 Å². The average Bonchev–Trinajstić information content (AvgIpc) is 3.12. The van der Waals surface area contributed by atoms with Crippen molar-refractivity contribution in [3.8, 4) is 11.1 Å². The van der Waals surface area contributed by atoms with Gasteiger partial charge in [0.25, 0.3) is 5.91 Å². The number of nitrogen functional groups attached to an aromatic ring is 1. The normalized spacial score (nSPS) is 10.9. The number of nitrogens with one attached hydrogen (secondary N) is 1. The van der Waals surface area contributed by atoms with Crippen LogP contribution in [0.2, 0.25) is 0 Å². The maximum atomic E-state index is 13.2. The Morgan fingerprint density at radius 1 is 1.00 bits per heavy atom. The van der Waals surface area contributed by atoms with Gasteiger partial charge in [-0.1, -0.05) is 36.0 Å². The zero-order valence-electron chi connectivity index (χ0n) is 15.0. The quantitative estimate of drug-likeness (QED) is 0.340. The first-order valence-electron chi connectivity index (χ1n) is 8.58. The van der Waals surface area contributed by atoms with Crippen molar-refractivity contribution in [3.63, 3.8) is 0 Å². The second-order valence-corrected chi connectivity index (χ2v) is 7.10. The largest absolute Gasteiger partial charge is 0.450 e. The number of hydrogen-bond acceptors (Lipinski definition) is 4. The highest BCUT2D eigenvalue weighted by molar-refractivity contribution is 7.98. The Hall–Kier alpha value is -3.25. The lowest BCUT2D eigenvalue weighted by atomic mass is 10.0. The molecule has 140 valence electrons. The van der Waals surface area contributed by atoms with Crippen LogP contribution in [0.3, 0.4) is 0 Å². The molecule has 0 radical (unpaired) electrons. The van der Waals surface area contributed by atoms with Crippen LogP contribution in [0.4, 0.5) is 15.8 Å². The molecule has 1 amide bonds. The monoisotopic (exact) mass is 392 g/mol. The van der Waals surface area contributed by atoms with E-state index in [1.807, 2.05) is 24.5 Å². The van der Waals surface area contributed by atoms with Gasteiger partial charge in [0.2, 0.25) is 0 Å². The summed E-state index contributed by atoms with van der Waals surface area (Å²) in [6.45, 7) is 0. The van der Waals surface area contributed by atoms with E-state index in [-0.39, 0.29) is 11.7 Å². The molecule has 0 fully saturated rings. The zero-order valence-corrected chi connectivity index (χ0v) is 15.8. The third kappa shape index (κ3) is 3.59. The molecule has 0 aliphatic carbocycles. The van der Waals surface area contributed by atoms with Gasteiger partial charge in [-0.15, -0.1) is 0 Å². The Balaban J connectivity index is 1.62. The van der Waals surface area contributed by atoms with Crippen LogP contribution in [0.5, 0.6) is 0 Å². The first kappa shape index (κ1) is 18.1. The number of nitrogens with two attached hydrogens (primary N) is 1. The molecule has 1 heterocycles. The molecule has 0 unspecified atom stereocenters. The van der Waals surface area contributed by atoms with Gasteiger partial charge < -0.3 is 15.5 Å². The number of carbonyl (C=O) groups is 1. The summed E-state index contributed by atoms with van der Waals surface area (Å²) in [5.74, 6) is -0.586. The fourth-order valence-electron chi connectivity index (χ4n) is 2.93. The van der Waals surface area contributed by atoms with Gasteiger partial charge in [-0.05, 0) is 59.8 Å². The molecule has 0 saturated carbocycles. The fraction of sp³-hybridized carbons (Fsp3) is 0.0455. The van der Waals surface area contributed by atoms with Gasteiger partial charge in [-0.2, -0.15) is 0 Å². The van der Waals surface area contributed by atoms with Crippen molar-refractivity contribution >= 4 is 40.0 Å². The van der Waals surface area contributed by atoms with E-state index < -0.39 is 0 Å². The minimum Gasteiger partial charge on any atom is -0.450 e. The minimum absolute atomic E-state index is 0.285. The summed E-state index contributed by atoms with van der Waals surface area (Å²) in [6, 6.07) is 18.7. The summed E-state index contributed by atoms with van der Waals surface area (Å²) in [4.78, 5) is 12.7. The van der Waals surface area contributed by atoms with Gasteiger partial charge in [0.1, 0.15) is 11.4 Å². The third-order valence-electron chi connectivity index (χ3n) is 4.44. The number of thioether (sulfide) groups is 1. The molecule has 0 atom stereocenters. The Morgan fingerprint density at radius 2 is 1.75 bits per heavy atom. The standard InChI is InChI=1S/C22H17FN2O2S/c1-28-21-12-15-2-3-16(11-20(15)27-21)22(26)25-19-10-14(6-9-18(19)24)13-4-7-17(23)8-5-13/h2-12H,24H2,1H3,(H,25,26). The maximum Gasteiger partial charge on any atom is 0.255 e. The van der Waals surface area contributed by atoms with Gasteiger partial charge in [0, 0.05) is 10.9 Å².